The minimum atomic E-state index is -4.35. The summed E-state index contributed by atoms with van der Waals surface area (Å²) in [5.74, 6) is 0.593. The van der Waals surface area contributed by atoms with Crippen LogP contribution in [0, 0.1) is 5.92 Å². The molecule has 1 aromatic carbocycles. The Labute approximate surface area is 145 Å². The number of carbonyl (C=O) groups is 1. The molecule has 1 saturated heterocycles. The van der Waals surface area contributed by atoms with Crippen LogP contribution in [0.1, 0.15) is 24.8 Å². The first-order chi connectivity index (χ1) is 10.9. The highest BCUT2D eigenvalue weighted by molar-refractivity contribution is 5.85. The first-order valence-corrected chi connectivity index (χ1v) is 7.68. The Hall–Kier alpha value is -1.47. The van der Waals surface area contributed by atoms with E-state index in [-0.39, 0.29) is 24.1 Å². The van der Waals surface area contributed by atoms with Gasteiger partial charge >= 0.3 is 6.18 Å². The lowest BCUT2D eigenvalue weighted by Gasteiger charge is -2.21. The van der Waals surface area contributed by atoms with Crippen LogP contribution in [-0.2, 0) is 11.3 Å². The zero-order chi connectivity index (χ0) is 16.7. The lowest BCUT2D eigenvalue weighted by Crippen LogP contribution is -2.32. The average molecular weight is 367 g/mol. The molecule has 1 aliphatic heterocycles. The summed E-state index contributed by atoms with van der Waals surface area (Å²) in [6, 6.07) is 6.24. The standard InChI is InChI=1S/C16H21F3N2O2.ClH/c17-16(18,19)11-23-14-3-1-13(2-4-14)10-21-15(22)9-12-5-7-20-8-6-12;/h1-4,12,20H,5-11H2,(H,21,22);1H. The Morgan fingerprint density at radius 3 is 2.42 bits per heavy atom. The van der Waals surface area contributed by atoms with Gasteiger partial charge in [0.1, 0.15) is 5.75 Å². The number of rotatable bonds is 6. The second-order valence-corrected chi connectivity index (χ2v) is 5.72. The molecule has 24 heavy (non-hydrogen) atoms. The zero-order valence-electron chi connectivity index (χ0n) is 13.2. The number of piperidine rings is 1. The van der Waals surface area contributed by atoms with Crippen molar-refractivity contribution in [2.75, 3.05) is 19.7 Å². The minimum absolute atomic E-state index is 0. The van der Waals surface area contributed by atoms with Crippen molar-refractivity contribution in [1.82, 2.24) is 10.6 Å². The summed E-state index contributed by atoms with van der Waals surface area (Å²) in [6.45, 7) is 0.970. The second-order valence-electron chi connectivity index (χ2n) is 5.72. The molecule has 0 unspecified atom stereocenters. The predicted molar refractivity (Wildman–Crippen MR) is 87.3 cm³/mol. The van der Waals surface area contributed by atoms with Gasteiger partial charge in [-0.15, -0.1) is 12.4 Å². The molecule has 0 spiro atoms. The third kappa shape index (κ3) is 7.88. The Balaban J connectivity index is 0.00000288. The lowest BCUT2D eigenvalue weighted by atomic mass is 9.94. The SMILES string of the molecule is Cl.O=C(CC1CCNCC1)NCc1ccc(OCC(F)(F)F)cc1. The van der Waals surface area contributed by atoms with Crippen LogP contribution in [0.15, 0.2) is 24.3 Å². The molecule has 0 saturated carbocycles. The van der Waals surface area contributed by atoms with Gasteiger partial charge in [-0.25, -0.2) is 0 Å². The average Bonchev–Trinajstić information content (AvgIpc) is 2.52. The van der Waals surface area contributed by atoms with Gasteiger partial charge in [-0.3, -0.25) is 4.79 Å². The van der Waals surface area contributed by atoms with E-state index in [0.717, 1.165) is 31.5 Å². The maximum atomic E-state index is 12.0. The monoisotopic (exact) mass is 366 g/mol. The third-order valence-corrected chi connectivity index (χ3v) is 3.75. The van der Waals surface area contributed by atoms with Crippen LogP contribution in [0.25, 0.3) is 0 Å². The number of amides is 1. The van der Waals surface area contributed by atoms with E-state index >= 15 is 0 Å². The highest BCUT2D eigenvalue weighted by Gasteiger charge is 2.28. The number of hydrogen-bond donors (Lipinski definition) is 2. The van der Waals surface area contributed by atoms with Gasteiger partial charge in [-0.1, -0.05) is 12.1 Å². The van der Waals surface area contributed by atoms with Gasteiger partial charge in [-0.2, -0.15) is 13.2 Å². The van der Waals surface area contributed by atoms with Crippen LogP contribution in [0.4, 0.5) is 13.2 Å². The molecule has 4 nitrogen and oxygen atoms in total. The van der Waals surface area contributed by atoms with Gasteiger partial charge < -0.3 is 15.4 Å². The van der Waals surface area contributed by atoms with Crippen molar-refractivity contribution in [3.05, 3.63) is 29.8 Å². The van der Waals surface area contributed by atoms with Gasteiger partial charge in [0.25, 0.3) is 0 Å². The minimum Gasteiger partial charge on any atom is -0.484 e. The fourth-order valence-corrected chi connectivity index (χ4v) is 2.49. The number of benzene rings is 1. The van der Waals surface area contributed by atoms with Gasteiger partial charge in [0.2, 0.25) is 5.91 Å². The fraction of sp³-hybridized carbons (Fsp3) is 0.562. The summed E-state index contributed by atoms with van der Waals surface area (Å²) in [5, 5.41) is 6.10. The Kier molecular flexibility index (Phi) is 8.35. The van der Waals surface area contributed by atoms with E-state index in [9.17, 15) is 18.0 Å². The summed E-state index contributed by atoms with van der Waals surface area (Å²) in [5.41, 5.74) is 0.822. The summed E-state index contributed by atoms with van der Waals surface area (Å²) < 4.78 is 40.8. The number of carbonyl (C=O) groups excluding carboxylic acids is 1. The molecular formula is C16H22ClF3N2O2. The van der Waals surface area contributed by atoms with Crippen LogP contribution in [-0.4, -0.2) is 31.8 Å². The summed E-state index contributed by atoms with van der Waals surface area (Å²) in [4.78, 5) is 11.9. The number of hydrogen-bond acceptors (Lipinski definition) is 3. The molecule has 8 heteroatoms. The van der Waals surface area contributed by atoms with Gasteiger partial charge in [0.05, 0.1) is 0 Å². The molecule has 2 N–H and O–H groups in total. The van der Waals surface area contributed by atoms with Crippen LogP contribution in [0.2, 0.25) is 0 Å². The van der Waals surface area contributed by atoms with E-state index in [2.05, 4.69) is 15.4 Å². The van der Waals surface area contributed by atoms with Crippen LogP contribution in [0.3, 0.4) is 0 Å². The molecule has 0 atom stereocenters. The first-order valence-electron chi connectivity index (χ1n) is 7.68. The summed E-state index contributed by atoms with van der Waals surface area (Å²) in [7, 11) is 0. The maximum Gasteiger partial charge on any atom is 0.422 e. The second kappa shape index (κ2) is 9.74. The zero-order valence-corrected chi connectivity index (χ0v) is 14.0. The smallest absolute Gasteiger partial charge is 0.422 e. The highest BCUT2D eigenvalue weighted by Crippen LogP contribution is 2.19. The Morgan fingerprint density at radius 1 is 1.21 bits per heavy atom. The van der Waals surface area contributed by atoms with Crippen molar-refractivity contribution >= 4 is 18.3 Å². The molecule has 1 heterocycles. The van der Waals surface area contributed by atoms with Crippen molar-refractivity contribution in [2.45, 2.75) is 32.0 Å². The lowest BCUT2D eigenvalue weighted by molar-refractivity contribution is -0.153. The molecule has 1 aromatic rings. The van der Waals surface area contributed by atoms with E-state index < -0.39 is 12.8 Å². The van der Waals surface area contributed by atoms with Crippen LogP contribution >= 0.6 is 12.4 Å². The highest BCUT2D eigenvalue weighted by atomic mass is 35.5. The molecule has 136 valence electrons. The Bertz CT molecular complexity index is 503. The number of halogens is 4. The van der Waals surface area contributed by atoms with E-state index in [1.807, 2.05) is 0 Å². The van der Waals surface area contributed by atoms with Crippen molar-refractivity contribution in [2.24, 2.45) is 5.92 Å². The number of nitrogens with one attached hydrogen (secondary N) is 2. The van der Waals surface area contributed by atoms with Gasteiger partial charge in [-0.05, 0) is 49.5 Å². The topological polar surface area (TPSA) is 50.4 Å². The van der Waals surface area contributed by atoms with Crippen LogP contribution in [0.5, 0.6) is 5.75 Å². The van der Waals surface area contributed by atoms with Crippen molar-refractivity contribution in [3.63, 3.8) is 0 Å². The predicted octanol–water partition coefficient (Wildman–Crippen LogP) is 3.06. The largest absolute Gasteiger partial charge is 0.484 e. The quantitative estimate of drug-likeness (QED) is 0.813. The fourth-order valence-electron chi connectivity index (χ4n) is 2.49. The molecule has 2 rings (SSSR count). The van der Waals surface area contributed by atoms with Gasteiger partial charge in [0.15, 0.2) is 6.61 Å². The summed E-state index contributed by atoms with van der Waals surface area (Å²) in [6.07, 6.45) is -1.80. The normalized spacial score (nSPS) is 15.5. The molecule has 1 fully saturated rings. The third-order valence-electron chi connectivity index (χ3n) is 3.75. The number of alkyl halides is 3. The van der Waals surface area contributed by atoms with E-state index in [0.29, 0.717) is 18.9 Å². The molecular weight excluding hydrogens is 345 g/mol. The summed E-state index contributed by atoms with van der Waals surface area (Å²) >= 11 is 0. The molecule has 1 aliphatic rings. The number of ether oxygens (including phenoxy) is 1. The molecule has 0 radical (unpaired) electrons. The van der Waals surface area contributed by atoms with Crippen molar-refractivity contribution in [3.8, 4) is 5.75 Å². The van der Waals surface area contributed by atoms with E-state index in [4.69, 9.17) is 0 Å². The Morgan fingerprint density at radius 2 is 1.83 bits per heavy atom. The van der Waals surface area contributed by atoms with Gasteiger partial charge in [0, 0.05) is 13.0 Å². The molecule has 1 amide bonds. The van der Waals surface area contributed by atoms with Crippen LogP contribution < -0.4 is 15.4 Å². The molecule has 0 aliphatic carbocycles. The molecule has 0 aromatic heterocycles. The van der Waals surface area contributed by atoms with Crippen molar-refractivity contribution < 1.29 is 22.7 Å². The van der Waals surface area contributed by atoms with E-state index in [1.54, 1.807) is 12.1 Å². The maximum absolute atomic E-state index is 12.0. The van der Waals surface area contributed by atoms with Crippen molar-refractivity contribution in [1.29, 1.82) is 0 Å². The van der Waals surface area contributed by atoms with E-state index in [1.165, 1.54) is 12.1 Å². The molecule has 0 bridgehead atoms. The first kappa shape index (κ1) is 20.6.